The first kappa shape index (κ1) is 16.5. The van der Waals surface area contributed by atoms with Crippen molar-refractivity contribution in [3.05, 3.63) is 34.3 Å². The number of hydrogen-bond acceptors (Lipinski definition) is 3. The molecule has 1 heterocycles. The topological polar surface area (TPSA) is 54.5 Å². The van der Waals surface area contributed by atoms with Gasteiger partial charge in [-0.05, 0) is 36.6 Å². The number of carbonyl (C=O) groups is 1. The summed E-state index contributed by atoms with van der Waals surface area (Å²) < 4.78 is 24.3. The van der Waals surface area contributed by atoms with Gasteiger partial charge in [0.1, 0.15) is 0 Å². The minimum atomic E-state index is -3.00. The van der Waals surface area contributed by atoms with E-state index >= 15 is 0 Å². The van der Waals surface area contributed by atoms with Crippen molar-refractivity contribution in [3.8, 4) is 0 Å². The zero-order valence-electron chi connectivity index (χ0n) is 12.3. The molecule has 1 aromatic carbocycles. The van der Waals surface area contributed by atoms with Crippen molar-refractivity contribution in [1.82, 2.24) is 4.90 Å². The minimum absolute atomic E-state index is 0.0849. The van der Waals surface area contributed by atoms with Crippen molar-refractivity contribution in [3.63, 3.8) is 0 Å². The molecule has 2 rings (SSSR count). The summed E-state index contributed by atoms with van der Waals surface area (Å²) in [5, 5.41) is 0. The molecule has 0 unspecified atom stereocenters. The number of nitrogens with zero attached hydrogens (tertiary/aromatic N) is 1. The van der Waals surface area contributed by atoms with Crippen molar-refractivity contribution in [2.75, 3.05) is 18.1 Å². The lowest BCUT2D eigenvalue weighted by Gasteiger charge is -2.30. The van der Waals surface area contributed by atoms with Crippen molar-refractivity contribution in [2.24, 2.45) is 5.92 Å². The van der Waals surface area contributed by atoms with E-state index in [-0.39, 0.29) is 23.5 Å². The van der Waals surface area contributed by atoms with E-state index < -0.39 is 9.84 Å². The quantitative estimate of drug-likeness (QED) is 0.815. The smallest absolute Gasteiger partial charge is 0.254 e. The van der Waals surface area contributed by atoms with E-state index in [1.165, 1.54) is 0 Å². The summed E-state index contributed by atoms with van der Waals surface area (Å²) in [6.45, 7) is 4.64. The van der Waals surface area contributed by atoms with E-state index in [1.807, 2.05) is 26.0 Å². The third-order valence-electron chi connectivity index (χ3n) is 3.56. The second kappa shape index (κ2) is 6.48. The third kappa shape index (κ3) is 4.30. The second-order valence-corrected chi connectivity index (χ2v) is 9.06. The minimum Gasteiger partial charge on any atom is -0.334 e. The fourth-order valence-corrected chi connectivity index (χ4v) is 4.57. The molecule has 1 aliphatic rings. The molecule has 0 aromatic heterocycles. The standard InChI is InChI=1S/C15H20BrNO3S/c1-11(2)9-17(14-7-8-21(19,20)10-14)15(18)12-3-5-13(16)6-4-12/h3-6,11,14H,7-10H2,1-2H3/t14-/m0/s1. The van der Waals surface area contributed by atoms with Crippen molar-refractivity contribution < 1.29 is 13.2 Å². The third-order valence-corrected chi connectivity index (χ3v) is 5.84. The number of benzene rings is 1. The van der Waals surface area contributed by atoms with Crippen LogP contribution in [-0.4, -0.2) is 43.3 Å². The molecule has 4 nitrogen and oxygen atoms in total. The maximum Gasteiger partial charge on any atom is 0.254 e. The van der Waals surface area contributed by atoms with Crippen LogP contribution in [0.3, 0.4) is 0 Å². The molecule has 116 valence electrons. The molecule has 1 amide bonds. The summed E-state index contributed by atoms with van der Waals surface area (Å²) in [5.74, 6) is 0.480. The van der Waals surface area contributed by atoms with Crippen LogP contribution in [0.25, 0.3) is 0 Å². The lowest BCUT2D eigenvalue weighted by atomic mass is 10.1. The van der Waals surface area contributed by atoms with E-state index in [0.717, 1.165) is 4.47 Å². The van der Waals surface area contributed by atoms with Gasteiger partial charge in [-0.15, -0.1) is 0 Å². The van der Waals surface area contributed by atoms with Crippen LogP contribution >= 0.6 is 15.9 Å². The van der Waals surface area contributed by atoms with Crippen LogP contribution in [0.4, 0.5) is 0 Å². The lowest BCUT2D eigenvalue weighted by molar-refractivity contribution is 0.0672. The molecule has 0 bridgehead atoms. The van der Waals surface area contributed by atoms with Gasteiger partial charge in [0.05, 0.1) is 11.5 Å². The molecule has 1 fully saturated rings. The zero-order chi connectivity index (χ0) is 15.6. The van der Waals surface area contributed by atoms with Crippen LogP contribution in [0.5, 0.6) is 0 Å². The van der Waals surface area contributed by atoms with Crippen LogP contribution in [0.1, 0.15) is 30.6 Å². The maximum atomic E-state index is 12.7. The Morgan fingerprint density at radius 2 is 1.95 bits per heavy atom. The molecule has 1 aromatic rings. The molecule has 0 N–H and O–H groups in total. The van der Waals surface area contributed by atoms with E-state index in [9.17, 15) is 13.2 Å². The summed E-state index contributed by atoms with van der Waals surface area (Å²) in [6.07, 6.45) is 0.539. The number of hydrogen-bond donors (Lipinski definition) is 0. The molecule has 1 atom stereocenters. The van der Waals surface area contributed by atoms with E-state index in [4.69, 9.17) is 0 Å². The van der Waals surface area contributed by atoms with E-state index in [0.29, 0.717) is 24.4 Å². The Labute approximate surface area is 134 Å². The predicted octanol–water partition coefficient (Wildman–Crippen LogP) is 2.73. The van der Waals surface area contributed by atoms with Gasteiger partial charge >= 0.3 is 0 Å². The first-order valence-electron chi connectivity index (χ1n) is 7.05. The van der Waals surface area contributed by atoms with Gasteiger partial charge < -0.3 is 4.90 Å². The van der Waals surface area contributed by atoms with Crippen molar-refractivity contribution in [2.45, 2.75) is 26.3 Å². The number of amides is 1. The predicted molar refractivity (Wildman–Crippen MR) is 87.1 cm³/mol. The fourth-order valence-electron chi connectivity index (χ4n) is 2.57. The van der Waals surface area contributed by atoms with Gasteiger partial charge in [0, 0.05) is 22.6 Å². The van der Waals surface area contributed by atoms with Crippen LogP contribution in [0, 0.1) is 5.92 Å². The summed E-state index contributed by atoms with van der Waals surface area (Å²) >= 11 is 3.35. The average molecular weight is 374 g/mol. The fraction of sp³-hybridized carbons (Fsp3) is 0.533. The summed E-state index contributed by atoms with van der Waals surface area (Å²) in [5.41, 5.74) is 0.600. The summed E-state index contributed by atoms with van der Waals surface area (Å²) in [6, 6.07) is 6.98. The molecule has 21 heavy (non-hydrogen) atoms. The Morgan fingerprint density at radius 3 is 2.43 bits per heavy atom. The normalized spacial score (nSPS) is 20.7. The Hall–Kier alpha value is -0.880. The molecular weight excluding hydrogens is 354 g/mol. The molecular formula is C15H20BrNO3S. The Kier molecular flexibility index (Phi) is 5.09. The SMILES string of the molecule is CC(C)CN(C(=O)c1ccc(Br)cc1)[C@H]1CCS(=O)(=O)C1. The number of sulfone groups is 1. The molecule has 6 heteroatoms. The number of carbonyl (C=O) groups excluding carboxylic acids is 1. The Morgan fingerprint density at radius 1 is 1.33 bits per heavy atom. The monoisotopic (exact) mass is 373 g/mol. The molecule has 0 radical (unpaired) electrons. The highest BCUT2D eigenvalue weighted by molar-refractivity contribution is 9.10. The average Bonchev–Trinajstić information content (AvgIpc) is 2.76. The Bertz CT molecular complexity index is 610. The first-order valence-corrected chi connectivity index (χ1v) is 9.67. The van der Waals surface area contributed by atoms with Gasteiger partial charge in [-0.3, -0.25) is 4.79 Å². The van der Waals surface area contributed by atoms with Crippen LogP contribution in [0.15, 0.2) is 28.7 Å². The maximum absolute atomic E-state index is 12.7. The number of halogens is 1. The first-order chi connectivity index (χ1) is 9.78. The van der Waals surface area contributed by atoms with Crippen LogP contribution in [0.2, 0.25) is 0 Å². The van der Waals surface area contributed by atoms with Crippen molar-refractivity contribution in [1.29, 1.82) is 0 Å². The van der Waals surface area contributed by atoms with Crippen molar-refractivity contribution >= 4 is 31.7 Å². The van der Waals surface area contributed by atoms with Crippen LogP contribution in [-0.2, 0) is 9.84 Å². The Balaban J connectivity index is 2.23. The van der Waals surface area contributed by atoms with Gasteiger partial charge in [0.15, 0.2) is 9.84 Å². The second-order valence-electron chi connectivity index (χ2n) is 5.92. The molecule has 0 aliphatic carbocycles. The van der Waals surface area contributed by atoms with Gasteiger partial charge in [-0.2, -0.15) is 0 Å². The van der Waals surface area contributed by atoms with E-state index in [1.54, 1.807) is 17.0 Å². The van der Waals surface area contributed by atoms with Crippen LogP contribution < -0.4 is 0 Å². The zero-order valence-corrected chi connectivity index (χ0v) is 14.7. The molecule has 0 saturated carbocycles. The highest BCUT2D eigenvalue weighted by Crippen LogP contribution is 2.22. The lowest BCUT2D eigenvalue weighted by Crippen LogP contribution is -2.43. The van der Waals surface area contributed by atoms with Gasteiger partial charge in [0.2, 0.25) is 0 Å². The number of rotatable bonds is 4. The van der Waals surface area contributed by atoms with Gasteiger partial charge in [-0.1, -0.05) is 29.8 Å². The van der Waals surface area contributed by atoms with E-state index in [2.05, 4.69) is 15.9 Å². The molecule has 0 spiro atoms. The van der Waals surface area contributed by atoms with Gasteiger partial charge in [-0.25, -0.2) is 8.42 Å². The van der Waals surface area contributed by atoms with Gasteiger partial charge in [0.25, 0.3) is 5.91 Å². The highest BCUT2D eigenvalue weighted by Gasteiger charge is 2.35. The molecule has 1 saturated heterocycles. The largest absolute Gasteiger partial charge is 0.334 e. The highest BCUT2D eigenvalue weighted by atomic mass is 79.9. The summed E-state index contributed by atoms with van der Waals surface area (Å²) in [4.78, 5) is 14.4. The molecule has 1 aliphatic heterocycles. The summed E-state index contributed by atoms with van der Waals surface area (Å²) in [7, 11) is -3.00.